The van der Waals surface area contributed by atoms with Crippen molar-refractivity contribution in [2.75, 3.05) is 13.1 Å². The van der Waals surface area contributed by atoms with E-state index in [-0.39, 0.29) is 6.10 Å². The Morgan fingerprint density at radius 1 is 1.17 bits per heavy atom. The second-order valence-corrected chi connectivity index (χ2v) is 4.69. The van der Waals surface area contributed by atoms with Gasteiger partial charge in [0.1, 0.15) is 0 Å². The molecule has 70 valence electrons. The van der Waals surface area contributed by atoms with E-state index < -0.39 is 0 Å². The first-order chi connectivity index (χ1) is 5.66. The summed E-state index contributed by atoms with van der Waals surface area (Å²) in [5, 5.41) is 9.44. The first-order valence-electron chi connectivity index (χ1n) is 5.09. The summed E-state index contributed by atoms with van der Waals surface area (Å²) in [5.74, 6) is 1.59. The number of aliphatic hydroxyl groups is 1. The highest BCUT2D eigenvalue weighted by molar-refractivity contribution is 4.92. The van der Waals surface area contributed by atoms with Crippen LogP contribution in [0.25, 0.3) is 0 Å². The Bertz CT molecular complexity index is 155. The Labute approximate surface area is 74.6 Å². The van der Waals surface area contributed by atoms with Crippen molar-refractivity contribution >= 4 is 0 Å². The van der Waals surface area contributed by atoms with Gasteiger partial charge in [-0.05, 0) is 38.5 Å². The molecular weight excluding hydrogens is 150 g/mol. The molecule has 2 nitrogen and oxygen atoms in total. The number of hydrogen-bond donors (Lipinski definition) is 1. The standard InChI is InChI=1S/C10H19NO/c1-7(2)11-5-8-3-10(12)4-9(8)6-11/h7-10,12H,3-6H2,1-2H3/t8-,9+,10?. The molecule has 12 heavy (non-hydrogen) atoms. The molecule has 1 heterocycles. The molecule has 1 N–H and O–H groups in total. The van der Waals surface area contributed by atoms with Gasteiger partial charge in [-0.2, -0.15) is 0 Å². The smallest absolute Gasteiger partial charge is 0.0546 e. The molecule has 0 aromatic heterocycles. The fraction of sp³-hybridized carbons (Fsp3) is 1.00. The Hall–Kier alpha value is -0.0800. The lowest BCUT2D eigenvalue weighted by Gasteiger charge is -2.21. The van der Waals surface area contributed by atoms with Crippen LogP contribution < -0.4 is 0 Å². The summed E-state index contributed by atoms with van der Waals surface area (Å²) in [4.78, 5) is 2.54. The lowest BCUT2D eigenvalue weighted by molar-refractivity contribution is 0.156. The maximum Gasteiger partial charge on any atom is 0.0546 e. The van der Waals surface area contributed by atoms with Gasteiger partial charge >= 0.3 is 0 Å². The normalized spacial score (nSPS) is 42.5. The van der Waals surface area contributed by atoms with Crippen LogP contribution in [0.1, 0.15) is 26.7 Å². The molecule has 0 aromatic rings. The van der Waals surface area contributed by atoms with Gasteiger partial charge in [-0.3, -0.25) is 0 Å². The highest BCUT2D eigenvalue weighted by Crippen LogP contribution is 2.38. The van der Waals surface area contributed by atoms with Crippen molar-refractivity contribution in [3.8, 4) is 0 Å². The predicted octanol–water partition coefficient (Wildman–Crippen LogP) is 1.10. The van der Waals surface area contributed by atoms with Crippen LogP contribution in [-0.4, -0.2) is 35.2 Å². The third-order valence-corrected chi connectivity index (χ3v) is 3.48. The molecule has 2 aliphatic rings. The molecule has 3 atom stereocenters. The summed E-state index contributed by atoms with van der Waals surface area (Å²) in [6.45, 7) is 6.97. The number of fused-ring (bicyclic) bond motifs is 1. The van der Waals surface area contributed by atoms with E-state index in [0.29, 0.717) is 6.04 Å². The van der Waals surface area contributed by atoms with Crippen LogP contribution >= 0.6 is 0 Å². The van der Waals surface area contributed by atoms with Crippen LogP contribution in [0, 0.1) is 11.8 Å². The highest BCUT2D eigenvalue weighted by Gasteiger charge is 2.40. The van der Waals surface area contributed by atoms with E-state index in [9.17, 15) is 5.11 Å². The molecule has 2 heteroatoms. The van der Waals surface area contributed by atoms with Crippen molar-refractivity contribution in [3.63, 3.8) is 0 Å². The molecule has 0 spiro atoms. The molecule has 2 fully saturated rings. The molecule has 0 bridgehead atoms. The zero-order valence-corrected chi connectivity index (χ0v) is 8.03. The average molecular weight is 169 g/mol. The largest absolute Gasteiger partial charge is 0.393 e. The Balaban J connectivity index is 1.93. The molecule has 0 radical (unpaired) electrons. The van der Waals surface area contributed by atoms with Gasteiger partial charge in [-0.25, -0.2) is 0 Å². The van der Waals surface area contributed by atoms with Gasteiger partial charge in [0, 0.05) is 19.1 Å². The van der Waals surface area contributed by atoms with E-state index in [0.717, 1.165) is 24.7 Å². The van der Waals surface area contributed by atoms with E-state index in [2.05, 4.69) is 18.7 Å². The molecule has 1 unspecified atom stereocenters. The Morgan fingerprint density at radius 2 is 1.67 bits per heavy atom. The molecule has 0 aromatic carbocycles. The van der Waals surface area contributed by atoms with E-state index in [4.69, 9.17) is 0 Å². The van der Waals surface area contributed by atoms with Gasteiger partial charge in [-0.15, -0.1) is 0 Å². The second kappa shape index (κ2) is 3.00. The van der Waals surface area contributed by atoms with E-state index in [1.807, 2.05) is 0 Å². The molecule has 1 aliphatic heterocycles. The fourth-order valence-corrected chi connectivity index (χ4v) is 2.73. The maximum absolute atomic E-state index is 9.44. The number of nitrogens with zero attached hydrogens (tertiary/aromatic N) is 1. The molecule has 1 saturated heterocycles. The lowest BCUT2D eigenvalue weighted by Crippen LogP contribution is -2.29. The van der Waals surface area contributed by atoms with Crippen LogP contribution in [0.4, 0.5) is 0 Å². The Morgan fingerprint density at radius 3 is 2.08 bits per heavy atom. The SMILES string of the molecule is CC(C)N1C[C@H]2CC(O)C[C@H]2C1. The molecule has 2 rings (SSSR count). The third-order valence-electron chi connectivity index (χ3n) is 3.48. The van der Waals surface area contributed by atoms with Gasteiger partial charge < -0.3 is 10.0 Å². The van der Waals surface area contributed by atoms with Crippen LogP contribution in [0.3, 0.4) is 0 Å². The van der Waals surface area contributed by atoms with Crippen molar-refractivity contribution in [3.05, 3.63) is 0 Å². The van der Waals surface area contributed by atoms with Gasteiger partial charge in [0.05, 0.1) is 6.10 Å². The quantitative estimate of drug-likeness (QED) is 0.635. The highest BCUT2D eigenvalue weighted by atomic mass is 16.3. The first kappa shape index (κ1) is 8.52. The van der Waals surface area contributed by atoms with Crippen molar-refractivity contribution in [1.82, 2.24) is 4.90 Å². The van der Waals surface area contributed by atoms with Gasteiger partial charge in [0.15, 0.2) is 0 Å². The summed E-state index contributed by atoms with van der Waals surface area (Å²) in [6.07, 6.45) is 2.11. The molecule has 0 amide bonds. The van der Waals surface area contributed by atoms with Crippen LogP contribution in [0.15, 0.2) is 0 Å². The number of likely N-dealkylation sites (tertiary alicyclic amines) is 1. The molecule has 1 aliphatic carbocycles. The van der Waals surface area contributed by atoms with Gasteiger partial charge in [-0.1, -0.05) is 0 Å². The number of aliphatic hydroxyl groups excluding tert-OH is 1. The number of hydrogen-bond acceptors (Lipinski definition) is 2. The Kier molecular flexibility index (Phi) is 2.13. The average Bonchev–Trinajstić information content (AvgIpc) is 2.42. The summed E-state index contributed by atoms with van der Waals surface area (Å²) in [7, 11) is 0. The second-order valence-electron chi connectivity index (χ2n) is 4.69. The van der Waals surface area contributed by atoms with Crippen LogP contribution in [0.5, 0.6) is 0 Å². The monoisotopic (exact) mass is 169 g/mol. The molecular formula is C10H19NO. The van der Waals surface area contributed by atoms with E-state index in [1.165, 1.54) is 13.1 Å². The third kappa shape index (κ3) is 1.38. The van der Waals surface area contributed by atoms with Crippen molar-refractivity contribution in [2.45, 2.75) is 38.8 Å². The minimum atomic E-state index is 0.00862. The fourth-order valence-electron chi connectivity index (χ4n) is 2.73. The predicted molar refractivity (Wildman–Crippen MR) is 48.9 cm³/mol. The van der Waals surface area contributed by atoms with Crippen molar-refractivity contribution in [1.29, 1.82) is 0 Å². The summed E-state index contributed by atoms with van der Waals surface area (Å²) in [6, 6.07) is 0.688. The van der Waals surface area contributed by atoms with Crippen molar-refractivity contribution < 1.29 is 5.11 Å². The first-order valence-corrected chi connectivity index (χ1v) is 5.09. The molecule has 1 saturated carbocycles. The minimum absolute atomic E-state index is 0.00862. The lowest BCUT2D eigenvalue weighted by atomic mass is 10.0. The zero-order chi connectivity index (χ0) is 8.72. The van der Waals surface area contributed by atoms with E-state index >= 15 is 0 Å². The van der Waals surface area contributed by atoms with Gasteiger partial charge in [0.2, 0.25) is 0 Å². The van der Waals surface area contributed by atoms with Crippen molar-refractivity contribution in [2.24, 2.45) is 11.8 Å². The minimum Gasteiger partial charge on any atom is -0.393 e. The van der Waals surface area contributed by atoms with E-state index in [1.54, 1.807) is 0 Å². The zero-order valence-electron chi connectivity index (χ0n) is 8.03. The number of rotatable bonds is 1. The summed E-state index contributed by atoms with van der Waals surface area (Å²) in [5.41, 5.74) is 0. The van der Waals surface area contributed by atoms with Crippen LogP contribution in [-0.2, 0) is 0 Å². The summed E-state index contributed by atoms with van der Waals surface area (Å²) < 4.78 is 0. The summed E-state index contributed by atoms with van der Waals surface area (Å²) >= 11 is 0. The van der Waals surface area contributed by atoms with Crippen LogP contribution in [0.2, 0.25) is 0 Å². The van der Waals surface area contributed by atoms with Gasteiger partial charge in [0.25, 0.3) is 0 Å². The topological polar surface area (TPSA) is 23.5 Å². The maximum atomic E-state index is 9.44.